The zero-order chi connectivity index (χ0) is 15.0. The molecular formula is C17H25NO2. The molecule has 110 valence electrons. The molecule has 0 aliphatic carbocycles. The van der Waals surface area contributed by atoms with Crippen LogP contribution in [-0.2, 0) is 11.2 Å². The molecule has 0 saturated carbocycles. The van der Waals surface area contributed by atoms with Crippen LogP contribution >= 0.6 is 0 Å². The summed E-state index contributed by atoms with van der Waals surface area (Å²) in [4.78, 5) is 0. The molecule has 0 aliphatic rings. The first-order chi connectivity index (χ1) is 9.21. The van der Waals surface area contributed by atoms with Crippen LogP contribution in [0.5, 0.6) is 0 Å². The van der Waals surface area contributed by atoms with Crippen molar-refractivity contribution < 1.29 is 9.26 Å². The molecular weight excluding hydrogens is 250 g/mol. The van der Waals surface area contributed by atoms with E-state index >= 15 is 0 Å². The van der Waals surface area contributed by atoms with Crippen LogP contribution in [0.25, 0.3) is 11.0 Å². The Hall–Kier alpha value is -1.35. The fourth-order valence-corrected chi connectivity index (χ4v) is 1.90. The Bertz CT molecular complexity index is 591. The Labute approximate surface area is 121 Å². The van der Waals surface area contributed by atoms with E-state index in [4.69, 9.17) is 9.26 Å². The number of benzene rings is 1. The van der Waals surface area contributed by atoms with E-state index in [2.05, 4.69) is 58.0 Å². The van der Waals surface area contributed by atoms with Crippen LogP contribution in [-0.4, -0.2) is 17.4 Å². The SMILES string of the molecule is Cc1noc2cc(CCOC(C)(C)C(C)(C)C)ccc12. The van der Waals surface area contributed by atoms with Gasteiger partial charge in [-0.3, -0.25) is 0 Å². The summed E-state index contributed by atoms with van der Waals surface area (Å²) in [6, 6.07) is 6.26. The van der Waals surface area contributed by atoms with Gasteiger partial charge in [0.2, 0.25) is 0 Å². The molecule has 1 aromatic carbocycles. The van der Waals surface area contributed by atoms with Gasteiger partial charge in [0.15, 0.2) is 5.58 Å². The third-order valence-corrected chi connectivity index (χ3v) is 4.38. The summed E-state index contributed by atoms with van der Waals surface area (Å²) in [6.07, 6.45) is 0.884. The Morgan fingerprint density at radius 3 is 2.50 bits per heavy atom. The van der Waals surface area contributed by atoms with Gasteiger partial charge in [-0.2, -0.15) is 0 Å². The molecule has 0 fully saturated rings. The maximum Gasteiger partial charge on any atom is 0.167 e. The van der Waals surface area contributed by atoms with E-state index in [0.29, 0.717) is 6.61 Å². The lowest BCUT2D eigenvalue weighted by Crippen LogP contribution is -2.40. The van der Waals surface area contributed by atoms with E-state index in [1.807, 2.05) is 6.92 Å². The zero-order valence-corrected chi connectivity index (χ0v) is 13.4. The molecule has 0 saturated heterocycles. The molecule has 2 aromatic rings. The van der Waals surface area contributed by atoms with Crippen molar-refractivity contribution in [2.24, 2.45) is 5.41 Å². The monoisotopic (exact) mass is 275 g/mol. The van der Waals surface area contributed by atoms with Gasteiger partial charge in [-0.15, -0.1) is 0 Å². The second-order valence-electron chi connectivity index (χ2n) is 6.96. The highest BCUT2D eigenvalue weighted by atomic mass is 16.5. The van der Waals surface area contributed by atoms with Gasteiger partial charge < -0.3 is 9.26 Å². The summed E-state index contributed by atoms with van der Waals surface area (Å²) < 4.78 is 11.4. The third kappa shape index (κ3) is 3.04. The van der Waals surface area contributed by atoms with Crippen LogP contribution in [0.15, 0.2) is 22.7 Å². The van der Waals surface area contributed by atoms with Gasteiger partial charge in [0, 0.05) is 5.39 Å². The molecule has 0 amide bonds. The maximum absolute atomic E-state index is 6.07. The molecule has 0 unspecified atom stereocenters. The molecule has 0 N–H and O–H groups in total. The van der Waals surface area contributed by atoms with E-state index in [-0.39, 0.29) is 11.0 Å². The number of aryl methyl sites for hydroxylation is 1. The number of fused-ring (bicyclic) bond motifs is 1. The molecule has 3 nitrogen and oxygen atoms in total. The number of hydrogen-bond acceptors (Lipinski definition) is 3. The molecule has 0 spiro atoms. The third-order valence-electron chi connectivity index (χ3n) is 4.38. The van der Waals surface area contributed by atoms with Crippen molar-refractivity contribution in [3.8, 4) is 0 Å². The first kappa shape index (κ1) is 15.0. The highest BCUT2D eigenvalue weighted by Crippen LogP contribution is 2.33. The van der Waals surface area contributed by atoms with E-state index < -0.39 is 0 Å². The summed E-state index contributed by atoms with van der Waals surface area (Å²) >= 11 is 0. The van der Waals surface area contributed by atoms with Crippen LogP contribution in [0.2, 0.25) is 0 Å². The van der Waals surface area contributed by atoms with Gasteiger partial charge in [-0.05, 0) is 50.3 Å². The average molecular weight is 275 g/mol. The largest absolute Gasteiger partial charge is 0.375 e. The smallest absolute Gasteiger partial charge is 0.167 e. The van der Waals surface area contributed by atoms with Gasteiger partial charge in [-0.25, -0.2) is 0 Å². The topological polar surface area (TPSA) is 35.3 Å². The van der Waals surface area contributed by atoms with E-state index in [1.54, 1.807) is 0 Å². The normalized spacial score (nSPS) is 13.1. The zero-order valence-electron chi connectivity index (χ0n) is 13.4. The van der Waals surface area contributed by atoms with Crippen molar-refractivity contribution >= 4 is 11.0 Å². The van der Waals surface area contributed by atoms with Crippen LogP contribution in [0.1, 0.15) is 45.9 Å². The van der Waals surface area contributed by atoms with Crippen molar-refractivity contribution in [1.29, 1.82) is 0 Å². The van der Waals surface area contributed by atoms with E-state index in [1.165, 1.54) is 5.56 Å². The first-order valence-electron chi connectivity index (χ1n) is 7.19. The standard InChI is InChI=1S/C17H25NO2/c1-12-14-8-7-13(11-15(14)20-18-12)9-10-19-17(5,6)16(2,3)4/h7-8,11H,9-10H2,1-6H3. The predicted molar refractivity (Wildman–Crippen MR) is 81.9 cm³/mol. The Morgan fingerprint density at radius 1 is 1.15 bits per heavy atom. The summed E-state index contributed by atoms with van der Waals surface area (Å²) in [5, 5.41) is 5.07. The Morgan fingerprint density at radius 2 is 1.85 bits per heavy atom. The first-order valence-corrected chi connectivity index (χ1v) is 7.19. The second-order valence-corrected chi connectivity index (χ2v) is 6.96. The molecule has 0 atom stereocenters. The van der Waals surface area contributed by atoms with E-state index in [0.717, 1.165) is 23.1 Å². The summed E-state index contributed by atoms with van der Waals surface area (Å²) in [5.74, 6) is 0. The molecule has 20 heavy (non-hydrogen) atoms. The molecule has 2 rings (SSSR count). The number of hydrogen-bond donors (Lipinski definition) is 0. The van der Waals surface area contributed by atoms with Gasteiger partial charge >= 0.3 is 0 Å². The van der Waals surface area contributed by atoms with Crippen LogP contribution < -0.4 is 0 Å². The summed E-state index contributed by atoms with van der Waals surface area (Å²) in [6.45, 7) is 13.6. The van der Waals surface area contributed by atoms with E-state index in [9.17, 15) is 0 Å². The lowest BCUT2D eigenvalue weighted by molar-refractivity contribution is -0.0890. The fraction of sp³-hybridized carbons (Fsp3) is 0.588. The highest BCUT2D eigenvalue weighted by molar-refractivity contribution is 5.79. The van der Waals surface area contributed by atoms with Crippen LogP contribution in [0, 0.1) is 12.3 Å². The van der Waals surface area contributed by atoms with Gasteiger partial charge in [-0.1, -0.05) is 32.0 Å². The minimum atomic E-state index is -0.139. The molecule has 0 bridgehead atoms. The quantitative estimate of drug-likeness (QED) is 0.823. The van der Waals surface area contributed by atoms with Crippen molar-refractivity contribution in [3.05, 3.63) is 29.5 Å². The summed E-state index contributed by atoms with van der Waals surface area (Å²) in [7, 11) is 0. The number of ether oxygens (including phenoxy) is 1. The lowest BCUT2D eigenvalue weighted by atomic mass is 9.79. The maximum atomic E-state index is 6.07. The fourth-order valence-electron chi connectivity index (χ4n) is 1.90. The van der Waals surface area contributed by atoms with Crippen LogP contribution in [0.4, 0.5) is 0 Å². The number of rotatable bonds is 4. The molecule has 0 aliphatic heterocycles. The number of nitrogens with zero attached hydrogens (tertiary/aromatic N) is 1. The van der Waals surface area contributed by atoms with Crippen molar-refractivity contribution in [1.82, 2.24) is 5.16 Å². The number of aromatic nitrogens is 1. The van der Waals surface area contributed by atoms with Crippen molar-refractivity contribution in [2.45, 2.75) is 53.6 Å². The minimum absolute atomic E-state index is 0.124. The minimum Gasteiger partial charge on any atom is -0.375 e. The van der Waals surface area contributed by atoms with Gasteiger partial charge in [0.25, 0.3) is 0 Å². The highest BCUT2D eigenvalue weighted by Gasteiger charge is 2.33. The predicted octanol–water partition coefficient (Wildman–Crippen LogP) is 4.52. The van der Waals surface area contributed by atoms with Crippen molar-refractivity contribution in [3.63, 3.8) is 0 Å². The van der Waals surface area contributed by atoms with Crippen molar-refractivity contribution in [2.75, 3.05) is 6.61 Å². The van der Waals surface area contributed by atoms with Gasteiger partial charge in [0.1, 0.15) is 0 Å². The van der Waals surface area contributed by atoms with Gasteiger partial charge in [0.05, 0.1) is 17.9 Å². The summed E-state index contributed by atoms with van der Waals surface area (Å²) in [5.41, 5.74) is 3.00. The molecule has 1 aromatic heterocycles. The Kier molecular flexibility index (Phi) is 3.92. The molecule has 0 radical (unpaired) electrons. The molecule has 3 heteroatoms. The lowest BCUT2D eigenvalue weighted by Gasteiger charge is -2.38. The molecule has 1 heterocycles. The Balaban J connectivity index is 2.00. The van der Waals surface area contributed by atoms with Crippen LogP contribution in [0.3, 0.4) is 0 Å². The second kappa shape index (κ2) is 5.21. The average Bonchev–Trinajstić information content (AvgIpc) is 2.69.